The Labute approximate surface area is 223 Å². The SMILES string of the molecule is COc1ccc(C(=O)[C@@H]2[C@@H]3C(=O)N(c4cc([N+](=O)[O-])ccc4OC)C(=O)[C@H]3[C@@H]3c4ccccc4C=CN23)cc1. The van der Waals surface area contributed by atoms with E-state index in [0.29, 0.717) is 11.3 Å². The number of methoxy groups -OCH3 is 2. The van der Waals surface area contributed by atoms with Gasteiger partial charge in [-0.05, 0) is 47.5 Å². The molecule has 0 spiro atoms. The molecule has 3 aromatic carbocycles. The molecule has 3 aromatic rings. The summed E-state index contributed by atoms with van der Waals surface area (Å²) >= 11 is 0. The molecule has 3 aliphatic rings. The smallest absolute Gasteiger partial charge is 0.271 e. The summed E-state index contributed by atoms with van der Waals surface area (Å²) in [6.07, 6.45) is 3.65. The normalized spacial score (nSPS) is 22.8. The van der Waals surface area contributed by atoms with Crippen LogP contribution in [0.5, 0.6) is 11.5 Å². The molecule has 10 nitrogen and oxygen atoms in total. The van der Waals surface area contributed by atoms with E-state index in [4.69, 9.17) is 9.47 Å². The second kappa shape index (κ2) is 9.09. The van der Waals surface area contributed by atoms with Crippen molar-refractivity contribution in [3.05, 3.63) is 99.7 Å². The highest BCUT2D eigenvalue weighted by atomic mass is 16.6. The molecular weight excluding hydrogens is 502 g/mol. The van der Waals surface area contributed by atoms with Crippen LogP contribution in [0.3, 0.4) is 0 Å². The minimum absolute atomic E-state index is 0.0158. The number of ether oxygens (including phenoxy) is 2. The lowest BCUT2D eigenvalue weighted by molar-refractivity contribution is -0.384. The van der Waals surface area contributed by atoms with Gasteiger partial charge in [0.2, 0.25) is 11.8 Å². The maximum atomic E-state index is 14.1. The number of imide groups is 1. The summed E-state index contributed by atoms with van der Waals surface area (Å²) in [6, 6.07) is 16.4. The van der Waals surface area contributed by atoms with Crippen molar-refractivity contribution in [1.29, 1.82) is 0 Å². The van der Waals surface area contributed by atoms with Crippen LogP contribution in [-0.4, -0.2) is 47.7 Å². The number of amides is 2. The van der Waals surface area contributed by atoms with E-state index in [0.717, 1.165) is 22.1 Å². The van der Waals surface area contributed by atoms with E-state index in [9.17, 15) is 24.5 Å². The lowest BCUT2D eigenvalue weighted by Crippen LogP contribution is -2.44. The van der Waals surface area contributed by atoms with Gasteiger partial charge in [0.15, 0.2) is 5.78 Å². The van der Waals surface area contributed by atoms with Crippen LogP contribution in [0.2, 0.25) is 0 Å². The molecule has 0 N–H and O–H groups in total. The molecule has 0 aliphatic carbocycles. The molecule has 3 heterocycles. The van der Waals surface area contributed by atoms with Crippen molar-refractivity contribution in [2.45, 2.75) is 12.1 Å². The third-order valence-electron chi connectivity index (χ3n) is 7.72. The maximum absolute atomic E-state index is 14.1. The fourth-order valence-corrected chi connectivity index (χ4v) is 5.99. The van der Waals surface area contributed by atoms with Gasteiger partial charge in [-0.2, -0.15) is 0 Å². The summed E-state index contributed by atoms with van der Waals surface area (Å²) < 4.78 is 10.6. The number of nitrogens with zero attached hydrogens (tertiary/aromatic N) is 3. The first-order chi connectivity index (χ1) is 18.8. The number of ketones is 1. The third kappa shape index (κ3) is 3.59. The number of carbonyl (C=O) groups is 3. The molecule has 2 saturated heterocycles. The Morgan fingerprint density at radius 3 is 2.33 bits per heavy atom. The van der Waals surface area contributed by atoms with Gasteiger partial charge in [0, 0.05) is 23.9 Å². The Balaban J connectivity index is 1.50. The number of non-ortho nitro benzene ring substituents is 1. The van der Waals surface area contributed by atoms with Crippen molar-refractivity contribution in [2.75, 3.05) is 19.1 Å². The molecule has 0 aromatic heterocycles. The number of Topliss-reactive ketones (excluding diaryl/α,β-unsaturated/α-hetero) is 1. The average molecular weight is 526 g/mol. The summed E-state index contributed by atoms with van der Waals surface area (Å²) in [5.41, 5.74) is 1.79. The van der Waals surface area contributed by atoms with Crippen LogP contribution in [0.4, 0.5) is 11.4 Å². The molecule has 2 fully saturated rings. The van der Waals surface area contributed by atoms with E-state index in [1.165, 1.54) is 26.4 Å². The molecule has 3 aliphatic heterocycles. The molecule has 4 atom stereocenters. The summed E-state index contributed by atoms with van der Waals surface area (Å²) in [4.78, 5) is 55.9. The zero-order valence-corrected chi connectivity index (χ0v) is 21.0. The predicted octanol–water partition coefficient (Wildman–Crippen LogP) is 4.01. The van der Waals surface area contributed by atoms with E-state index in [-0.39, 0.29) is 22.9 Å². The van der Waals surface area contributed by atoms with Crippen molar-refractivity contribution >= 4 is 35.0 Å². The lowest BCUT2D eigenvalue weighted by atomic mass is 9.83. The Hall–Kier alpha value is -4.99. The number of benzene rings is 3. The minimum Gasteiger partial charge on any atom is -0.497 e. The number of rotatable bonds is 6. The second-order valence-corrected chi connectivity index (χ2v) is 9.55. The Morgan fingerprint density at radius 2 is 1.64 bits per heavy atom. The molecule has 0 radical (unpaired) electrons. The van der Waals surface area contributed by atoms with Crippen LogP contribution in [0.1, 0.15) is 27.5 Å². The topological polar surface area (TPSA) is 119 Å². The van der Waals surface area contributed by atoms with E-state index in [1.807, 2.05) is 35.2 Å². The molecule has 0 bridgehead atoms. The summed E-state index contributed by atoms with van der Waals surface area (Å²) in [6.45, 7) is 0. The van der Waals surface area contributed by atoms with E-state index in [1.54, 1.807) is 30.5 Å². The second-order valence-electron chi connectivity index (χ2n) is 9.55. The van der Waals surface area contributed by atoms with Gasteiger partial charge < -0.3 is 14.4 Å². The fourth-order valence-electron chi connectivity index (χ4n) is 5.99. The van der Waals surface area contributed by atoms with E-state index >= 15 is 0 Å². The first-order valence-electron chi connectivity index (χ1n) is 12.3. The number of nitro benzene ring substituents is 1. The van der Waals surface area contributed by atoms with Crippen molar-refractivity contribution in [2.24, 2.45) is 11.8 Å². The van der Waals surface area contributed by atoms with Gasteiger partial charge in [0.1, 0.15) is 23.2 Å². The van der Waals surface area contributed by atoms with Gasteiger partial charge >= 0.3 is 0 Å². The van der Waals surface area contributed by atoms with Gasteiger partial charge in [0.05, 0.1) is 37.0 Å². The molecule has 10 heteroatoms. The van der Waals surface area contributed by atoms with Crippen molar-refractivity contribution in [3.8, 4) is 11.5 Å². The first-order valence-corrected chi connectivity index (χ1v) is 12.3. The predicted molar refractivity (Wildman–Crippen MR) is 140 cm³/mol. The van der Waals surface area contributed by atoms with Crippen LogP contribution in [0, 0.1) is 22.0 Å². The van der Waals surface area contributed by atoms with Gasteiger partial charge in [-0.1, -0.05) is 24.3 Å². The quantitative estimate of drug-likeness (QED) is 0.205. The van der Waals surface area contributed by atoms with E-state index in [2.05, 4.69) is 0 Å². The Morgan fingerprint density at radius 1 is 0.923 bits per heavy atom. The average Bonchev–Trinajstić information content (AvgIpc) is 3.44. The summed E-state index contributed by atoms with van der Waals surface area (Å²) in [5, 5.41) is 11.5. The number of anilines is 1. The van der Waals surface area contributed by atoms with Crippen LogP contribution in [0.25, 0.3) is 6.08 Å². The number of hydrogen-bond donors (Lipinski definition) is 0. The molecule has 39 heavy (non-hydrogen) atoms. The van der Waals surface area contributed by atoms with Crippen molar-refractivity contribution in [3.63, 3.8) is 0 Å². The molecule has 2 amide bonds. The lowest BCUT2D eigenvalue weighted by Gasteiger charge is -2.35. The summed E-state index contributed by atoms with van der Waals surface area (Å²) in [5.74, 6) is -2.63. The highest BCUT2D eigenvalue weighted by molar-refractivity contribution is 6.25. The molecule has 196 valence electrons. The fraction of sp³-hybridized carbons (Fsp3) is 0.207. The largest absolute Gasteiger partial charge is 0.497 e. The standard InChI is InChI=1S/C29H23N3O7/c1-38-19-10-7-17(8-11-19)27(33)26-24-23(25-20-6-4-3-5-16(20)13-14-30(25)26)28(34)31(29(24)35)21-15-18(32(36)37)9-12-22(21)39-2/h3-15,23-26H,1-2H3/t23-,24-,25+,26+/m1/s1. The van der Waals surface area contributed by atoms with Gasteiger partial charge in [-0.15, -0.1) is 0 Å². The maximum Gasteiger partial charge on any atom is 0.271 e. The van der Waals surface area contributed by atoms with E-state index < -0.39 is 40.7 Å². The van der Waals surface area contributed by atoms with Crippen molar-refractivity contribution < 1.29 is 28.8 Å². The monoisotopic (exact) mass is 525 g/mol. The van der Waals surface area contributed by atoms with Gasteiger partial charge in [-0.3, -0.25) is 24.5 Å². The van der Waals surface area contributed by atoms with Crippen molar-refractivity contribution in [1.82, 2.24) is 4.90 Å². The van der Waals surface area contributed by atoms with Gasteiger partial charge in [0.25, 0.3) is 5.69 Å². The Bertz CT molecular complexity index is 1570. The Kier molecular flexibility index (Phi) is 5.67. The van der Waals surface area contributed by atoms with Crippen LogP contribution in [0.15, 0.2) is 72.9 Å². The zero-order valence-electron chi connectivity index (χ0n) is 21.0. The first kappa shape index (κ1) is 24.4. The number of fused-ring (bicyclic) bond motifs is 5. The highest BCUT2D eigenvalue weighted by Gasteiger charge is 2.64. The molecule has 0 unspecified atom stereocenters. The highest BCUT2D eigenvalue weighted by Crippen LogP contribution is 2.54. The van der Waals surface area contributed by atoms with Crippen LogP contribution >= 0.6 is 0 Å². The number of nitro groups is 1. The van der Waals surface area contributed by atoms with Crippen LogP contribution in [-0.2, 0) is 9.59 Å². The zero-order chi connectivity index (χ0) is 27.4. The molecule has 6 rings (SSSR count). The summed E-state index contributed by atoms with van der Waals surface area (Å²) in [7, 11) is 2.88. The van der Waals surface area contributed by atoms with Gasteiger partial charge in [-0.25, -0.2) is 4.90 Å². The third-order valence-corrected chi connectivity index (χ3v) is 7.72. The molecular formula is C29H23N3O7. The number of hydrogen-bond acceptors (Lipinski definition) is 8. The number of carbonyl (C=O) groups excluding carboxylic acids is 3. The minimum atomic E-state index is -1.02. The molecule has 0 saturated carbocycles. The van der Waals surface area contributed by atoms with Crippen LogP contribution < -0.4 is 14.4 Å².